The van der Waals surface area contributed by atoms with Crippen LogP contribution in [0, 0.1) is 23.3 Å². The third-order valence-corrected chi connectivity index (χ3v) is 19.5. The number of nitrogens with one attached hydrogen (secondary N) is 1. The number of benzene rings is 4. The lowest BCUT2D eigenvalue weighted by atomic mass is 10.0. The van der Waals surface area contributed by atoms with E-state index in [1.54, 1.807) is 0 Å². The predicted molar refractivity (Wildman–Crippen MR) is 283 cm³/mol. The fraction of sp³-hybridized carbons (Fsp3) is 0.420. The highest BCUT2D eigenvalue weighted by molar-refractivity contribution is 7.93. The van der Waals surface area contributed by atoms with E-state index in [1.165, 1.54) is 47.4 Å². The Morgan fingerprint density at radius 3 is 1.36 bits per heavy atom. The number of halogens is 11. The van der Waals surface area contributed by atoms with Crippen molar-refractivity contribution in [2.45, 2.75) is 74.2 Å². The molecular formula is C50H51Cl3F8N10O8S2. The van der Waals surface area contributed by atoms with Crippen LogP contribution in [-0.4, -0.2) is 144 Å². The van der Waals surface area contributed by atoms with Crippen molar-refractivity contribution in [3.05, 3.63) is 129 Å². The van der Waals surface area contributed by atoms with Crippen molar-refractivity contribution in [1.29, 1.82) is 0 Å². The molecule has 438 valence electrons. The molecule has 4 aromatic carbocycles. The van der Waals surface area contributed by atoms with Gasteiger partial charge in [0.1, 0.15) is 29.9 Å². The van der Waals surface area contributed by atoms with E-state index < -0.39 is 98.1 Å². The van der Waals surface area contributed by atoms with Crippen molar-refractivity contribution in [3.63, 3.8) is 0 Å². The van der Waals surface area contributed by atoms with E-state index in [0.717, 1.165) is 52.0 Å². The number of hydrogen-bond donors (Lipinski definition) is 2. The van der Waals surface area contributed by atoms with Gasteiger partial charge in [0, 0.05) is 60.5 Å². The number of aliphatic hydroxyl groups is 1. The summed E-state index contributed by atoms with van der Waals surface area (Å²) >= 11 is 11.9. The van der Waals surface area contributed by atoms with Crippen molar-refractivity contribution in [2.75, 3.05) is 67.6 Å². The number of aromatic nitrogens is 4. The number of likely N-dealkylation sites (tertiary alicyclic amines) is 3. The Bertz CT molecular complexity index is 3420. The van der Waals surface area contributed by atoms with Crippen LogP contribution < -0.4 is 13.9 Å². The van der Waals surface area contributed by atoms with Crippen molar-refractivity contribution >= 4 is 72.9 Å². The van der Waals surface area contributed by atoms with Crippen LogP contribution in [0.3, 0.4) is 0 Å². The number of hydrogen-bond acceptors (Lipinski definition) is 15. The van der Waals surface area contributed by atoms with Crippen LogP contribution in [0.4, 0.5) is 46.5 Å². The number of piperidine rings is 2. The summed E-state index contributed by atoms with van der Waals surface area (Å²) in [6.45, 7) is 3.38. The molecule has 4 fully saturated rings. The van der Waals surface area contributed by atoms with Crippen LogP contribution in [0.15, 0.2) is 81.6 Å². The molecule has 0 unspecified atom stereocenters. The van der Waals surface area contributed by atoms with Crippen molar-refractivity contribution in [1.82, 2.24) is 40.4 Å². The molecule has 0 aliphatic carbocycles. The Morgan fingerprint density at radius 1 is 0.617 bits per heavy atom. The van der Waals surface area contributed by atoms with Gasteiger partial charge in [0.15, 0.2) is 0 Å². The molecule has 4 aliphatic rings. The van der Waals surface area contributed by atoms with Crippen LogP contribution in [-0.2, 0) is 37.9 Å². The maximum absolute atomic E-state index is 15.3. The van der Waals surface area contributed by atoms with Gasteiger partial charge in [-0.15, -0.1) is 32.8 Å². The molecule has 4 aliphatic heterocycles. The lowest BCUT2D eigenvalue weighted by Gasteiger charge is -2.47. The van der Waals surface area contributed by atoms with E-state index in [0.29, 0.717) is 58.2 Å². The first-order valence-electron chi connectivity index (χ1n) is 24.9. The standard InChI is InChI=1S/C26H26ClF4N5O5S.C24H24ClF4N5O3S.ClH/c27-20-10-17(3-4-21(20)28)36(11-16-2-1-15(9-22(16)29)25-32-33-26(41-25)24(30)31)42(39,40)19-5-7-34(8-6-19)18-12-35(13-18)23(38)14-37;25-19-10-16(3-4-20(19)26)34(38(35,36)18-5-7-33(8-6-18)17-11-30-12-17)13-15-2-1-14(9-21(15)27)23-31-32-24(37-23)22(28)29;/h1-4,9-10,18-19,24,37H,5-8,11-14H2;1-4,9-10,17-18,22,30H,5-8,11-13H2;1H. The Hall–Kier alpha value is -5.72. The second kappa shape index (κ2) is 25.8. The number of carbonyl (C=O) groups is 1. The molecule has 10 rings (SSSR count). The first-order valence-corrected chi connectivity index (χ1v) is 28.7. The molecule has 0 saturated carbocycles. The fourth-order valence-corrected chi connectivity index (χ4v) is 13.8. The van der Waals surface area contributed by atoms with Crippen molar-refractivity contribution in [3.8, 4) is 22.9 Å². The van der Waals surface area contributed by atoms with E-state index in [1.807, 2.05) is 0 Å². The summed E-state index contributed by atoms with van der Waals surface area (Å²) in [4.78, 5) is 17.5. The molecule has 4 saturated heterocycles. The highest BCUT2D eigenvalue weighted by Gasteiger charge is 2.42. The third kappa shape index (κ3) is 13.7. The van der Waals surface area contributed by atoms with Gasteiger partial charge in [-0.2, -0.15) is 17.6 Å². The molecule has 81 heavy (non-hydrogen) atoms. The number of alkyl halides is 4. The van der Waals surface area contributed by atoms with Gasteiger partial charge in [-0.1, -0.05) is 35.3 Å². The van der Waals surface area contributed by atoms with Gasteiger partial charge in [-0.05, 0) is 113 Å². The summed E-state index contributed by atoms with van der Waals surface area (Å²) in [5.74, 6) is -5.91. The maximum Gasteiger partial charge on any atom is 0.314 e. The van der Waals surface area contributed by atoms with E-state index in [9.17, 15) is 48.0 Å². The summed E-state index contributed by atoms with van der Waals surface area (Å²) in [6.07, 6.45) is -4.64. The topological polar surface area (TPSA) is 212 Å². The lowest BCUT2D eigenvalue weighted by molar-refractivity contribution is -0.141. The molecule has 6 aromatic rings. The van der Waals surface area contributed by atoms with E-state index in [2.05, 4.69) is 35.5 Å². The lowest BCUT2D eigenvalue weighted by Crippen LogP contribution is -2.63. The SMILES string of the molecule is Cl.O=C(CO)N1CC(N2CCC(S(=O)(=O)N(Cc3ccc(-c4nnc(C(F)F)o4)cc3F)c3ccc(F)c(Cl)c3)CC2)C1.O=S(=O)(C1CCN(C2CNC2)CC1)N(Cc1ccc(-c2nnc(C(F)F)o2)cc1F)c1ccc(F)c(Cl)c1. The molecule has 18 nitrogen and oxygen atoms in total. The van der Waals surface area contributed by atoms with E-state index in [4.69, 9.17) is 37.1 Å². The van der Waals surface area contributed by atoms with E-state index in [-0.39, 0.29) is 92.7 Å². The van der Waals surface area contributed by atoms with Gasteiger partial charge in [0.2, 0.25) is 37.7 Å². The van der Waals surface area contributed by atoms with Crippen molar-refractivity contribution in [2.24, 2.45) is 0 Å². The second-order valence-electron chi connectivity index (χ2n) is 19.3. The van der Waals surface area contributed by atoms with Gasteiger partial charge in [0.05, 0.1) is 45.0 Å². The molecule has 0 atom stereocenters. The largest absolute Gasteiger partial charge is 0.415 e. The Balaban J connectivity index is 0.000000211. The van der Waals surface area contributed by atoms with Crippen LogP contribution in [0.2, 0.25) is 10.0 Å². The molecular weight excluding hydrogens is 1190 g/mol. The summed E-state index contributed by atoms with van der Waals surface area (Å²) in [5, 5.41) is 23.6. The molecule has 0 spiro atoms. The monoisotopic (exact) mass is 1240 g/mol. The number of anilines is 2. The van der Waals surface area contributed by atoms with Crippen LogP contribution in [0.25, 0.3) is 22.9 Å². The van der Waals surface area contributed by atoms with Gasteiger partial charge in [-0.3, -0.25) is 23.2 Å². The summed E-state index contributed by atoms with van der Waals surface area (Å²) in [7, 11) is -8.13. The summed E-state index contributed by atoms with van der Waals surface area (Å²) in [6, 6.07) is 14.7. The van der Waals surface area contributed by atoms with Gasteiger partial charge in [0.25, 0.3) is 11.8 Å². The zero-order valence-corrected chi connectivity index (χ0v) is 46.3. The van der Waals surface area contributed by atoms with Crippen molar-refractivity contribution < 1.29 is 70.7 Å². The van der Waals surface area contributed by atoms with Gasteiger partial charge in [-0.25, -0.2) is 34.4 Å². The quantitative estimate of drug-likeness (QED) is 0.0821. The minimum absolute atomic E-state index is 0. The van der Waals surface area contributed by atoms with Crippen LogP contribution in [0.5, 0.6) is 0 Å². The number of amides is 1. The smallest absolute Gasteiger partial charge is 0.314 e. The zero-order chi connectivity index (χ0) is 57.2. The van der Waals surface area contributed by atoms with Gasteiger partial charge >= 0.3 is 12.9 Å². The Labute approximate surface area is 475 Å². The summed E-state index contributed by atoms with van der Waals surface area (Å²) < 4.78 is 177. The average Bonchev–Trinajstić information content (AvgIpc) is 4.21. The highest BCUT2D eigenvalue weighted by Crippen LogP contribution is 2.36. The summed E-state index contributed by atoms with van der Waals surface area (Å²) in [5.41, 5.74) is 0.188. The Kier molecular flexibility index (Phi) is 19.6. The normalized spacial score (nSPS) is 17.1. The number of sulfonamides is 2. The molecule has 6 heterocycles. The third-order valence-electron chi connectivity index (χ3n) is 14.4. The van der Waals surface area contributed by atoms with Crippen LogP contribution >= 0.6 is 35.6 Å². The number of aliphatic hydroxyl groups excluding tert-OH is 1. The van der Waals surface area contributed by atoms with E-state index >= 15 is 8.78 Å². The molecule has 0 radical (unpaired) electrons. The highest BCUT2D eigenvalue weighted by atomic mass is 35.5. The molecule has 0 bridgehead atoms. The molecule has 31 heteroatoms. The Morgan fingerprint density at radius 2 is 1.02 bits per heavy atom. The minimum atomic E-state index is -4.12. The molecule has 2 N–H and O–H groups in total. The minimum Gasteiger partial charge on any atom is -0.415 e. The first kappa shape index (κ1) is 61.4. The van der Waals surface area contributed by atoms with Crippen LogP contribution in [0.1, 0.15) is 61.4 Å². The fourth-order valence-electron chi connectivity index (χ4n) is 9.70. The second-order valence-corrected chi connectivity index (χ2v) is 24.4. The van der Waals surface area contributed by atoms with Gasteiger partial charge < -0.3 is 24.2 Å². The first-order chi connectivity index (χ1) is 38.1. The number of nitrogens with zero attached hydrogens (tertiary/aromatic N) is 9. The maximum atomic E-state index is 15.3. The average molecular weight is 1240 g/mol. The zero-order valence-electron chi connectivity index (χ0n) is 42.3. The molecule has 2 aromatic heterocycles. The number of rotatable bonds is 17. The molecule has 1 amide bonds. The predicted octanol–water partition coefficient (Wildman–Crippen LogP) is 8.41. The number of carbonyl (C=O) groups excluding carboxylic acids is 1.